The Balaban J connectivity index is 1.23. The number of rotatable bonds is 3. The van der Waals surface area contributed by atoms with Gasteiger partial charge in [-0.3, -0.25) is 4.79 Å². The lowest BCUT2D eigenvalue weighted by atomic mass is 9.56. The van der Waals surface area contributed by atoms with Crippen LogP contribution in [0.15, 0.2) is 24.3 Å². The molecule has 3 fully saturated rings. The minimum atomic E-state index is -0.603. The maximum absolute atomic E-state index is 12.5. The quantitative estimate of drug-likeness (QED) is 0.910. The van der Waals surface area contributed by atoms with Gasteiger partial charge in [0, 0.05) is 19.0 Å². The van der Waals surface area contributed by atoms with Crippen LogP contribution in [-0.4, -0.2) is 34.6 Å². The number of aryl methyl sites for hydroxylation is 1. The van der Waals surface area contributed by atoms with Gasteiger partial charge in [0.15, 0.2) is 0 Å². The summed E-state index contributed by atoms with van der Waals surface area (Å²) in [6.45, 7) is 5.83. The number of hydrogen-bond donors (Lipinski definition) is 1. The molecule has 3 aliphatic rings. The number of amides is 1. The molecule has 136 valence electrons. The number of benzene rings is 1. The molecule has 0 bridgehead atoms. The zero-order valence-corrected chi connectivity index (χ0v) is 15.6. The fourth-order valence-corrected chi connectivity index (χ4v) is 5.41. The van der Waals surface area contributed by atoms with E-state index < -0.39 is 5.60 Å². The van der Waals surface area contributed by atoms with Gasteiger partial charge < -0.3 is 10.0 Å². The highest BCUT2D eigenvalue weighted by Crippen LogP contribution is 2.53. The van der Waals surface area contributed by atoms with Crippen molar-refractivity contribution in [2.45, 2.75) is 64.4 Å². The van der Waals surface area contributed by atoms with Crippen molar-refractivity contribution < 1.29 is 9.90 Å². The molecule has 25 heavy (non-hydrogen) atoms. The molecule has 1 heterocycles. The Bertz CT molecular complexity index is 624. The maximum Gasteiger partial charge on any atom is 0.225 e. The third-order valence-corrected chi connectivity index (χ3v) is 6.95. The first kappa shape index (κ1) is 17.1. The number of hydrogen-bond acceptors (Lipinski definition) is 2. The summed E-state index contributed by atoms with van der Waals surface area (Å²) in [6.07, 6.45) is 7.51. The molecule has 1 amide bonds. The second-order valence-electron chi connectivity index (χ2n) is 9.39. The van der Waals surface area contributed by atoms with E-state index in [1.54, 1.807) is 0 Å². The van der Waals surface area contributed by atoms with Crippen LogP contribution in [0.1, 0.15) is 56.6 Å². The van der Waals surface area contributed by atoms with E-state index in [9.17, 15) is 9.90 Å². The highest BCUT2D eigenvalue weighted by Gasteiger charge is 2.48. The van der Waals surface area contributed by atoms with E-state index in [1.807, 2.05) is 6.92 Å². The predicted octanol–water partition coefficient (Wildman–Crippen LogP) is 3.72. The third kappa shape index (κ3) is 3.48. The number of piperidine rings is 1. The molecule has 1 spiro atoms. The minimum Gasteiger partial charge on any atom is -0.390 e. The van der Waals surface area contributed by atoms with Gasteiger partial charge in [-0.05, 0) is 75.7 Å². The van der Waals surface area contributed by atoms with Crippen molar-refractivity contribution in [3.8, 4) is 0 Å². The molecule has 3 nitrogen and oxygen atoms in total. The number of likely N-dealkylation sites (tertiary alicyclic amines) is 1. The van der Waals surface area contributed by atoms with Crippen LogP contribution in [0.5, 0.6) is 0 Å². The van der Waals surface area contributed by atoms with E-state index in [2.05, 4.69) is 36.1 Å². The van der Waals surface area contributed by atoms with Crippen molar-refractivity contribution in [3.05, 3.63) is 35.4 Å². The van der Waals surface area contributed by atoms with Crippen molar-refractivity contribution in [1.82, 2.24) is 4.90 Å². The summed E-state index contributed by atoms with van der Waals surface area (Å²) >= 11 is 0. The monoisotopic (exact) mass is 341 g/mol. The number of carbonyl (C=O) groups excluding carboxylic acids is 1. The van der Waals surface area contributed by atoms with Crippen LogP contribution in [0.3, 0.4) is 0 Å². The molecule has 1 N–H and O–H groups in total. The largest absolute Gasteiger partial charge is 0.390 e. The highest BCUT2D eigenvalue weighted by molar-refractivity contribution is 5.80. The molecular formula is C22H31NO2. The molecule has 2 aliphatic carbocycles. The number of nitrogens with zero attached hydrogens (tertiary/aromatic N) is 1. The van der Waals surface area contributed by atoms with Gasteiger partial charge in [-0.2, -0.15) is 0 Å². The average molecular weight is 341 g/mol. The molecule has 4 rings (SSSR count). The lowest BCUT2D eigenvalue weighted by Gasteiger charge is -2.53. The molecular weight excluding hydrogens is 310 g/mol. The van der Waals surface area contributed by atoms with Crippen molar-refractivity contribution in [1.29, 1.82) is 0 Å². The Hall–Kier alpha value is -1.35. The summed E-state index contributed by atoms with van der Waals surface area (Å²) in [5, 5.41) is 9.86. The van der Waals surface area contributed by atoms with E-state index in [-0.39, 0.29) is 11.8 Å². The average Bonchev–Trinajstić information content (AvgIpc) is 2.53. The van der Waals surface area contributed by atoms with Gasteiger partial charge in [0.2, 0.25) is 5.91 Å². The first-order valence-corrected chi connectivity index (χ1v) is 9.91. The minimum absolute atomic E-state index is 0.0692. The Kier molecular flexibility index (Phi) is 4.18. The third-order valence-electron chi connectivity index (χ3n) is 6.95. The fourth-order valence-electron chi connectivity index (χ4n) is 5.41. The van der Waals surface area contributed by atoms with E-state index in [4.69, 9.17) is 0 Å². The van der Waals surface area contributed by atoms with Gasteiger partial charge in [0.05, 0.1) is 5.60 Å². The molecule has 1 aliphatic heterocycles. The molecule has 1 aromatic rings. The van der Waals surface area contributed by atoms with Gasteiger partial charge in [-0.1, -0.05) is 29.8 Å². The standard InChI is InChI=1S/C22H31NO2/c1-16-3-5-17(6-4-16)11-18-12-22(13-18)7-9-23(10-8-22)20(24)19-14-21(2,25)15-19/h3-6,18-19,25H,7-15H2,1-2H3. The van der Waals surface area contributed by atoms with Crippen molar-refractivity contribution in [2.75, 3.05) is 13.1 Å². The zero-order chi connectivity index (χ0) is 17.7. The summed E-state index contributed by atoms with van der Waals surface area (Å²) < 4.78 is 0. The normalized spacial score (nSPS) is 31.5. The van der Waals surface area contributed by atoms with E-state index >= 15 is 0 Å². The lowest BCUT2D eigenvalue weighted by Crippen LogP contribution is -2.54. The summed E-state index contributed by atoms with van der Waals surface area (Å²) in [5.74, 6) is 1.18. The summed E-state index contributed by atoms with van der Waals surface area (Å²) in [4.78, 5) is 14.6. The smallest absolute Gasteiger partial charge is 0.225 e. The number of aliphatic hydroxyl groups is 1. The van der Waals surface area contributed by atoms with Gasteiger partial charge in [0.25, 0.3) is 0 Å². The molecule has 3 heteroatoms. The Morgan fingerprint density at radius 1 is 1.12 bits per heavy atom. The lowest BCUT2D eigenvalue weighted by molar-refractivity contribution is -0.153. The van der Waals surface area contributed by atoms with Crippen LogP contribution >= 0.6 is 0 Å². The highest BCUT2D eigenvalue weighted by atomic mass is 16.3. The van der Waals surface area contributed by atoms with Crippen LogP contribution in [0.25, 0.3) is 0 Å². The summed E-state index contributed by atoms with van der Waals surface area (Å²) in [7, 11) is 0. The van der Waals surface area contributed by atoms with E-state index in [0.717, 1.165) is 19.0 Å². The molecule has 1 saturated heterocycles. The second kappa shape index (κ2) is 6.12. The van der Waals surface area contributed by atoms with Crippen molar-refractivity contribution in [3.63, 3.8) is 0 Å². The molecule has 2 saturated carbocycles. The number of carbonyl (C=O) groups is 1. The second-order valence-corrected chi connectivity index (χ2v) is 9.39. The van der Waals surface area contributed by atoms with Crippen LogP contribution in [0, 0.1) is 24.2 Å². The van der Waals surface area contributed by atoms with Crippen LogP contribution < -0.4 is 0 Å². The topological polar surface area (TPSA) is 40.5 Å². The zero-order valence-electron chi connectivity index (χ0n) is 15.6. The van der Waals surface area contributed by atoms with Crippen LogP contribution in [0.2, 0.25) is 0 Å². The summed E-state index contributed by atoms with van der Waals surface area (Å²) in [5.41, 5.74) is 2.71. The predicted molar refractivity (Wildman–Crippen MR) is 99.2 cm³/mol. The Morgan fingerprint density at radius 2 is 1.72 bits per heavy atom. The Labute approximate surface area is 151 Å². The van der Waals surface area contributed by atoms with Gasteiger partial charge in [0.1, 0.15) is 0 Å². The molecule has 0 unspecified atom stereocenters. The summed E-state index contributed by atoms with van der Waals surface area (Å²) in [6, 6.07) is 8.97. The molecule has 1 aromatic carbocycles. The van der Waals surface area contributed by atoms with E-state index in [1.165, 1.54) is 43.2 Å². The molecule has 0 atom stereocenters. The SMILES string of the molecule is Cc1ccc(CC2CC3(CCN(C(=O)C4CC(C)(O)C4)CC3)C2)cc1. The van der Waals surface area contributed by atoms with Crippen LogP contribution in [0.4, 0.5) is 0 Å². The Morgan fingerprint density at radius 3 is 2.28 bits per heavy atom. The first-order chi connectivity index (χ1) is 11.8. The maximum atomic E-state index is 12.5. The van der Waals surface area contributed by atoms with Crippen molar-refractivity contribution >= 4 is 5.91 Å². The fraction of sp³-hybridized carbons (Fsp3) is 0.682. The van der Waals surface area contributed by atoms with E-state index in [0.29, 0.717) is 18.3 Å². The van der Waals surface area contributed by atoms with Crippen LogP contribution in [-0.2, 0) is 11.2 Å². The molecule has 0 aromatic heterocycles. The van der Waals surface area contributed by atoms with Crippen molar-refractivity contribution in [2.24, 2.45) is 17.3 Å². The van der Waals surface area contributed by atoms with Gasteiger partial charge in [-0.25, -0.2) is 0 Å². The first-order valence-electron chi connectivity index (χ1n) is 9.91. The molecule has 0 radical (unpaired) electrons. The van der Waals surface area contributed by atoms with Gasteiger partial charge in [-0.15, -0.1) is 0 Å². The van der Waals surface area contributed by atoms with Gasteiger partial charge >= 0.3 is 0 Å².